The van der Waals surface area contributed by atoms with Crippen LogP contribution in [-0.2, 0) is 21.4 Å². The number of sulfonamides is 1. The van der Waals surface area contributed by atoms with E-state index in [1.165, 1.54) is 61.1 Å². The Kier molecular flexibility index (Phi) is 8.77. The molecule has 0 fully saturated rings. The minimum atomic E-state index is -3.79. The molecule has 3 aromatic carbocycles. The number of carbonyl (C=O) groups excluding carboxylic acids is 1. The van der Waals surface area contributed by atoms with Gasteiger partial charge in [-0.1, -0.05) is 18.2 Å². The van der Waals surface area contributed by atoms with Crippen LogP contribution in [0.3, 0.4) is 0 Å². The summed E-state index contributed by atoms with van der Waals surface area (Å²) in [6.07, 6.45) is 4.41. The lowest BCUT2D eigenvalue weighted by Crippen LogP contribution is -2.13. The number of thiazole rings is 1. The van der Waals surface area contributed by atoms with Gasteiger partial charge in [-0.3, -0.25) is 9.52 Å². The van der Waals surface area contributed by atoms with E-state index >= 15 is 0 Å². The quantitative estimate of drug-likeness (QED) is 0.209. The Morgan fingerprint density at radius 3 is 2.61 bits per heavy atom. The molecule has 12 heteroatoms. The first-order valence-electron chi connectivity index (χ1n) is 11.0. The SMILES string of the molecule is COc1cc(/C=C/C(=O)Nc2ccc(S(=O)(=O)Nc3nccs3)cc2)cc(Br)c1OCc1ccccc1F. The topological polar surface area (TPSA) is 107 Å². The number of benzene rings is 3. The van der Waals surface area contributed by atoms with Crippen molar-refractivity contribution in [2.24, 2.45) is 0 Å². The number of hydrogen-bond acceptors (Lipinski definition) is 7. The molecule has 1 heterocycles. The molecular weight excluding hydrogens is 597 g/mol. The number of nitrogens with zero attached hydrogens (tertiary/aromatic N) is 1. The van der Waals surface area contributed by atoms with Crippen molar-refractivity contribution >= 4 is 60.1 Å². The highest BCUT2D eigenvalue weighted by molar-refractivity contribution is 9.10. The smallest absolute Gasteiger partial charge is 0.263 e. The Hall–Kier alpha value is -3.74. The zero-order valence-corrected chi connectivity index (χ0v) is 23.1. The van der Waals surface area contributed by atoms with Crippen LogP contribution in [0.5, 0.6) is 11.5 Å². The molecule has 1 aromatic heterocycles. The minimum absolute atomic E-state index is 0.0142. The average Bonchev–Trinajstić information content (AvgIpc) is 3.40. The molecule has 8 nitrogen and oxygen atoms in total. The minimum Gasteiger partial charge on any atom is -0.493 e. The van der Waals surface area contributed by atoms with Crippen LogP contribution in [0.2, 0.25) is 0 Å². The second-order valence-electron chi connectivity index (χ2n) is 7.70. The summed E-state index contributed by atoms with van der Waals surface area (Å²) in [7, 11) is -2.30. The van der Waals surface area contributed by atoms with Gasteiger partial charge in [0.15, 0.2) is 16.6 Å². The van der Waals surface area contributed by atoms with E-state index in [0.29, 0.717) is 32.8 Å². The number of carbonyl (C=O) groups is 1. The van der Waals surface area contributed by atoms with E-state index in [1.54, 1.807) is 41.8 Å². The normalized spacial score (nSPS) is 11.3. The summed E-state index contributed by atoms with van der Waals surface area (Å²) in [4.78, 5) is 16.4. The molecule has 0 saturated carbocycles. The number of ether oxygens (including phenoxy) is 2. The van der Waals surface area contributed by atoms with E-state index in [9.17, 15) is 17.6 Å². The molecule has 0 bridgehead atoms. The van der Waals surface area contributed by atoms with Crippen molar-refractivity contribution in [1.82, 2.24) is 4.98 Å². The lowest BCUT2D eigenvalue weighted by atomic mass is 10.1. The fourth-order valence-electron chi connectivity index (χ4n) is 3.26. The third-order valence-corrected chi connectivity index (χ3v) is 7.86. The zero-order chi connectivity index (χ0) is 27.1. The third-order valence-electron chi connectivity index (χ3n) is 5.09. The number of rotatable bonds is 10. The largest absolute Gasteiger partial charge is 0.493 e. The van der Waals surface area contributed by atoms with E-state index in [1.807, 2.05) is 0 Å². The van der Waals surface area contributed by atoms with Gasteiger partial charge in [-0.25, -0.2) is 17.8 Å². The Morgan fingerprint density at radius 2 is 1.92 bits per heavy atom. The number of halogens is 2. The molecule has 0 radical (unpaired) electrons. The van der Waals surface area contributed by atoms with Crippen molar-refractivity contribution in [1.29, 1.82) is 0 Å². The van der Waals surface area contributed by atoms with E-state index < -0.39 is 15.9 Å². The molecule has 0 aliphatic heterocycles. The second-order valence-corrected chi connectivity index (χ2v) is 11.1. The highest BCUT2D eigenvalue weighted by Crippen LogP contribution is 2.37. The van der Waals surface area contributed by atoms with E-state index in [-0.39, 0.29) is 22.5 Å². The summed E-state index contributed by atoms with van der Waals surface area (Å²) in [6.45, 7) is 0.0142. The van der Waals surface area contributed by atoms with Crippen LogP contribution < -0.4 is 19.5 Å². The second kappa shape index (κ2) is 12.2. The first kappa shape index (κ1) is 27.3. The van der Waals surface area contributed by atoms with Gasteiger partial charge in [0.05, 0.1) is 16.5 Å². The van der Waals surface area contributed by atoms with E-state index in [0.717, 1.165) is 0 Å². The Balaban J connectivity index is 1.39. The van der Waals surface area contributed by atoms with Gasteiger partial charge in [0, 0.05) is 28.9 Å². The predicted molar refractivity (Wildman–Crippen MR) is 148 cm³/mol. The first-order valence-corrected chi connectivity index (χ1v) is 14.2. The number of aromatic nitrogens is 1. The lowest BCUT2D eigenvalue weighted by Gasteiger charge is -2.14. The summed E-state index contributed by atoms with van der Waals surface area (Å²) < 4.78 is 53.0. The number of methoxy groups -OCH3 is 1. The molecule has 0 unspecified atom stereocenters. The lowest BCUT2D eigenvalue weighted by molar-refractivity contribution is -0.111. The zero-order valence-electron chi connectivity index (χ0n) is 19.9. The van der Waals surface area contributed by atoms with Gasteiger partial charge in [-0.05, 0) is 70.0 Å². The molecule has 0 aliphatic carbocycles. The van der Waals surface area contributed by atoms with Crippen molar-refractivity contribution < 1.29 is 27.1 Å². The summed E-state index contributed by atoms with van der Waals surface area (Å²) in [6, 6.07) is 15.5. The molecule has 2 N–H and O–H groups in total. The monoisotopic (exact) mass is 617 g/mol. The standard InChI is InChI=1S/C26H21BrFN3O5S2/c1-35-23-15-17(14-21(27)25(23)36-16-18-4-2-3-5-22(18)28)6-11-24(32)30-19-7-9-20(10-8-19)38(33,34)31-26-29-12-13-37-26/h2-15H,16H2,1H3,(H,29,31)(H,30,32)/b11-6+. The molecule has 38 heavy (non-hydrogen) atoms. The number of anilines is 2. The van der Waals surface area contributed by atoms with Crippen molar-refractivity contribution in [2.45, 2.75) is 11.5 Å². The molecule has 1 amide bonds. The van der Waals surface area contributed by atoms with Crippen molar-refractivity contribution in [2.75, 3.05) is 17.1 Å². The maximum Gasteiger partial charge on any atom is 0.263 e. The highest BCUT2D eigenvalue weighted by atomic mass is 79.9. The van der Waals surface area contributed by atoms with Crippen molar-refractivity contribution in [3.63, 3.8) is 0 Å². The van der Waals surface area contributed by atoms with Crippen molar-refractivity contribution in [3.05, 3.63) is 99.7 Å². The number of nitrogens with one attached hydrogen (secondary N) is 2. The predicted octanol–water partition coefficient (Wildman–Crippen LogP) is 6.09. The molecule has 0 spiro atoms. The summed E-state index contributed by atoms with van der Waals surface area (Å²) in [5.74, 6) is 0.0175. The Morgan fingerprint density at radius 1 is 1.16 bits per heavy atom. The molecule has 4 aromatic rings. The van der Waals surface area contributed by atoms with Gasteiger partial charge in [-0.15, -0.1) is 11.3 Å². The van der Waals surface area contributed by atoms with Crippen LogP contribution in [0, 0.1) is 5.82 Å². The van der Waals surface area contributed by atoms with Crippen LogP contribution in [-0.4, -0.2) is 26.4 Å². The summed E-state index contributed by atoms with van der Waals surface area (Å²) in [5, 5.41) is 4.61. The van der Waals surface area contributed by atoms with Gasteiger partial charge in [-0.2, -0.15) is 0 Å². The molecule has 0 aliphatic rings. The average molecular weight is 619 g/mol. The number of hydrogen-bond donors (Lipinski definition) is 2. The summed E-state index contributed by atoms with van der Waals surface area (Å²) in [5.41, 5.74) is 1.48. The van der Waals surface area contributed by atoms with Crippen LogP contribution in [0.4, 0.5) is 15.2 Å². The van der Waals surface area contributed by atoms with Gasteiger partial charge >= 0.3 is 0 Å². The third kappa shape index (κ3) is 6.97. The fourth-order valence-corrected chi connectivity index (χ4v) is 5.63. The first-order chi connectivity index (χ1) is 18.2. The maximum atomic E-state index is 13.9. The van der Waals surface area contributed by atoms with Gasteiger partial charge in [0.1, 0.15) is 12.4 Å². The number of amides is 1. The molecule has 196 valence electrons. The Labute approximate surface area is 231 Å². The fraction of sp³-hybridized carbons (Fsp3) is 0.0769. The van der Waals surface area contributed by atoms with Gasteiger partial charge < -0.3 is 14.8 Å². The molecule has 4 rings (SSSR count). The van der Waals surface area contributed by atoms with E-state index in [2.05, 4.69) is 31.0 Å². The molecule has 0 saturated heterocycles. The molecular formula is C26H21BrFN3O5S2. The van der Waals surface area contributed by atoms with Crippen molar-refractivity contribution in [3.8, 4) is 11.5 Å². The molecule has 0 atom stereocenters. The van der Waals surface area contributed by atoms with Crippen LogP contribution >= 0.6 is 27.3 Å². The summed E-state index contributed by atoms with van der Waals surface area (Å²) >= 11 is 4.61. The Bertz CT molecular complexity index is 1560. The highest BCUT2D eigenvalue weighted by Gasteiger charge is 2.16. The van der Waals surface area contributed by atoms with E-state index in [4.69, 9.17) is 9.47 Å². The van der Waals surface area contributed by atoms with Crippen LogP contribution in [0.1, 0.15) is 11.1 Å². The van der Waals surface area contributed by atoms with Gasteiger partial charge in [0.25, 0.3) is 10.0 Å². The maximum absolute atomic E-state index is 13.9. The van der Waals surface area contributed by atoms with Crippen LogP contribution in [0.15, 0.2) is 87.7 Å². The van der Waals surface area contributed by atoms with Gasteiger partial charge in [0.2, 0.25) is 5.91 Å². The van der Waals surface area contributed by atoms with Crippen LogP contribution in [0.25, 0.3) is 6.08 Å².